The highest BCUT2D eigenvalue weighted by Gasteiger charge is 2.17. The summed E-state index contributed by atoms with van der Waals surface area (Å²) in [7, 11) is 0. The third kappa shape index (κ3) is 6.22. The summed E-state index contributed by atoms with van der Waals surface area (Å²) in [4.78, 5) is 2.25. The Bertz CT molecular complexity index is 3430. The zero-order valence-electron chi connectivity index (χ0n) is 38.6. The quantitative estimate of drug-likeness (QED) is 0.159. The monoisotopic (exact) mass is 708 g/mol. The van der Waals surface area contributed by atoms with Gasteiger partial charge >= 0.3 is 0 Å². The molecule has 0 aliphatic heterocycles. The van der Waals surface area contributed by atoms with E-state index in [0.717, 1.165) is 55.5 Å². The Morgan fingerprint density at radius 3 is 1.56 bits per heavy atom. The number of benzene rings is 10. The topological polar surface area (TPSA) is 3.24 Å². The Morgan fingerprint density at radius 2 is 0.836 bits per heavy atom. The molecule has 0 aromatic heterocycles. The van der Waals surface area contributed by atoms with Crippen LogP contribution in [0.2, 0.25) is 0 Å². The van der Waals surface area contributed by atoms with Crippen molar-refractivity contribution in [1.82, 2.24) is 0 Å². The van der Waals surface area contributed by atoms with Crippen LogP contribution >= 0.6 is 0 Å². The van der Waals surface area contributed by atoms with Crippen molar-refractivity contribution in [1.29, 1.82) is 0 Å². The minimum atomic E-state index is -0.614. The van der Waals surface area contributed by atoms with Crippen molar-refractivity contribution in [3.8, 4) is 44.5 Å². The molecule has 1 nitrogen and oxygen atoms in total. The summed E-state index contributed by atoms with van der Waals surface area (Å²) in [6, 6.07) is 53.1. The van der Waals surface area contributed by atoms with E-state index in [4.69, 9.17) is 9.60 Å². The van der Waals surface area contributed by atoms with E-state index in [2.05, 4.69) is 120 Å². The fourth-order valence-electron chi connectivity index (χ4n) is 7.44. The SMILES string of the molecule is [2H]c1c([2H])c([2H])c(-c2c([2H])c([2H])c(-c3cc(-c4ccc(N(c5ccc(-c6ccc7ccccc7c6)cc5)c5cccc6ccccc56)cc4)cc4ccccc34)c([2H])c2[2H])c([2H])c1[2H]. The Morgan fingerprint density at radius 1 is 0.309 bits per heavy atom. The van der Waals surface area contributed by atoms with Gasteiger partial charge in [-0.05, 0) is 120 Å². The second-order valence-corrected chi connectivity index (χ2v) is 13.5. The highest BCUT2D eigenvalue weighted by Crippen LogP contribution is 2.41. The third-order valence-electron chi connectivity index (χ3n) is 10.2. The molecule has 10 aromatic carbocycles. The first kappa shape index (κ1) is 24.2. The molecule has 258 valence electrons. The summed E-state index contributed by atoms with van der Waals surface area (Å²) in [5.74, 6) is 0. The van der Waals surface area contributed by atoms with Gasteiger partial charge < -0.3 is 4.90 Å². The Kier molecular flexibility index (Phi) is 6.14. The van der Waals surface area contributed by atoms with Crippen LogP contribution in [0.5, 0.6) is 0 Å². The normalized spacial score (nSPS) is 13.6. The van der Waals surface area contributed by atoms with Gasteiger partial charge in [0.2, 0.25) is 0 Å². The molecule has 0 bridgehead atoms. The van der Waals surface area contributed by atoms with Crippen molar-refractivity contribution < 1.29 is 12.3 Å². The Labute approximate surface area is 334 Å². The second kappa shape index (κ2) is 14.0. The van der Waals surface area contributed by atoms with E-state index in [-0.39, 0.29) is 28.8 Å². The van der Waals surface area contributed by atoms with Gasteiger partial charge in [0.25, 0.3) is 0 Å². The molecule has 10 aromatic rings. The highest BCUT2D eigenvalue weighted by molar-refractivity contribution is 6.01. The first-order chi connectivity index (χ1) is 31.0. The van der Waals surface area contributed by atoms with Crippen molar-refractivity contribution in [2.75, 3.05) is 4.90 Å². The van der Waals surface area contributed by atoms with E-state index in [0.29, 0.717) is 10.9 Å². The number of fused-ring (bicyclic) bond motifs is 3. The summed E-state index contributed by atoms with van der Waals surface area (Å²) in [5, 5.41) is 6.15. The number of anilines is 3. The van der Waals surface area contributed by atoms with Gasteiger partial charge in [-0.3, -0.25) is 0 Å². The molecule has 0 atom stereocenters. The zero-order valence-corrected chi connectivity index (χ0v) is 29.6. The first-order valence-corrected chi connectivity index (χ1v) is 18.2. The molecule has 0 amide bonds. The van der Waals surface area contributed by atoms with E-state index < -0.39 is 42.3 Å². The number of nitrogens with zero attached hydrogens (tertiary/aromatic N) is 1. The van der Waals surface area contributed by atoms with Gasteiger partial charge in [-0.2, -0.15) is 0 Å². The lowest BCUT2D eigenvalue weighted by atomic mass is 9.92. The van der Waals surface area contributed by atoms with Crippen LogP contribution in [0.15, 0.2) is 224 Å². The number of hydrogen-bond acceptors (Lipinski definition) is 1. The van der Waals surface area contributed by atoms with Crippen LogP contribution in [-0.2, 0) is 0 Å². The van der Waals surface area contributed by atoms with Crippen LogP contribution in [-0.4, -0.2) is 0 Å². The van der Waals surface area contributed by atoms with Gasteiger partial charge in [0.15, 0.2) is 0 Å². The van der Waals surface area contributed by atoms with Crippen molar-refractivity contribution in [2.24, 2.45) is 0 Å². The zero-order chi connectivity index (χ0) is 44.4. The van der Waals surface area contributed by atoms with Crippen molar-refractivity contribution in [3.05, 3.63) is 224 Å². The maximum absolute atomic E-state index is 9.24. The minimum Gasteiger partial charge on any atom is -0.310 e. The van der Waals surface area contributed by atoms with E-state index in [1.54, 1.807) is 0 Å². The standard InChI is InChI=1S/C54H37N/c1-2-11-38(12-3-1)40-21-24-44(25-22-40)53-37-48(36-47-16-7-8-18-51(47)53)42-29-33-50(34-30-42)55(54-20-10-17-43-14-6-9-19-52(43)54)49-31-27-41(28-32-49)46-26-23-39-13-4-5-15-45(39)35-46/h1-37H/i1D,2D,3D,11D,12D,21D,22D,24D,25D. The lowest BCUT2D eigenvalue weighted by Crippen LogP contribution is -2.10. The van der Waals surface area contributed by atoms with Gasteiger partial charge in [0, 0.05) is 16.8 Å². The summed E-state index contributed by atoms with van der Waals surface area (Å²) in [5.41, 5.74) is 6.67. The molecule has 0 spiro atoms. The van der Waals surface area contributed by atoms with E-state index in [1.165, 1.54) is 10.8 Å². The lowest BCUT2D eigenvalue weighted by molar-refractivity contribution is 1.30. The van der Waals surface area contributed by atoms with Crippen LogP contribution in [0.25, 0.3) is 76.8 Å². The molecule has 0 heterocycles. The van der Waals surface area contributed by atoms with E-state index >= 15 is 0 Å². The second-order valence-electron chi connectivity index (χ2n) is 13.5. The van der Waals surface area contributed by atoms with Crippen molar-refractivity contribution in [2.45, 2.75) is 0 Å². The van der Waals surface area contributed by atoms with E-state index in [1.807, 2.05) is 54.6 Å². The molecule has 0 aliphatic rings. The summed E-state index contributed by atoms with van der Waals surface area (Å²) in [6.45, 7) is 0. The first-order valence-electron chi connectivity index (χ1n) is 22.7. The molecule has 0 saturated heterocycles. The smallest absolute Gasteiger partial charge is 0.0629 e. The maximum Gasteiger partial charge on any atom is 0.0629 e. The molecule has 0 aliphatic carbocycles. The van der Waals surface area contributed by atoms with Gasteiger partial charge in [-0.25, -0.2) is 0 Å². The molecule has 0 saturated carbocycles. The Hall–Kier alpha value is -7.22. The van der Waals surface area contributed by atoms with Crippen LogP contribution in [0.3, 0.4) is 0 Å². The van der Waals surface area contributed by atoms with Gasteiger partial charge in [0.1, 0.15) is 0 Å². The lowest BCUT2D eigenvalue weighted by Gasteiger charge is -2.27. The average Bonchev–Trinajstić information content (AvgIpc) is 3.33. The van der Waals surface area contributed by atoms with Crippen LogP contribution in [0.1, 0.15) is 12.3 Å². The summed E-state index contributed by atoms with van der Waals surface area (Å²) < 4.78 is 78.1. The van der Waals surface area contributed by atoms with Crippen LogP contribution < -0.4 is 4.90 Å². The molecule has 1 heteroatoms. The van der Waals surface area contributed by atoms with Crippen molar-refractivity contribution >= 4 is 49.4 Å². The van der Waals surface area contributed by atoms with Gasteiger partial charge in [0.05, 0.1) is 18.0 Å². The fraction of sp³-hybridized carbons (Fsp3) is 0. The van der Waals surface area contributed by atoms with Crippen LogP contribution in [0.4, 0.5) is 17.1 Å². The van der Waals surface area contributed by atoms with Crippen molar-refractivity contribution in [3.63, 3.8) is 0 Å². The molecule has 55 heavy (non-hydrogen) atoms. The molecular formula is C54H37N. The molecule has 10 rings (SSSR count). The average molecular weight is 709 g/mol. The predicted octanol–water partition coefficient (Wildman–Crippen LogP) is 15.3. The number of rotatable bonds is 7. The Balaban J connectivity index is 1.08. The van der Waals surface area contributed by atoms with Gasteiger partial charge in [-0.15, -0.1) is 0 Å². The molecule has 0 unspecified atom stereocenters. The molecule has 0 fully saturated rings. The highest BCUT2D eigenvalue weighted by atomic mass is 15.1. The minimum absolute atomic E-state index is 0.0510. The molecule has 0 radical (unpaired) electrons. The largest absolute Gasteiger partial charge is 0.310 e. The van der Waals surface area contributed by atoms with Crippen LogP contribution in [0, 0.1) is 0 Å². The summed E-state index contributed by atoms with van der Waals surface area (Å²) in [6.07, 6.45) is 0. The molecule has 0 N–H and O–H groups in total. The maximum atomic E-state index is 9.24. The number of hydrogen-bond donors (Lipinski definition) is 0. The molecular weight excluding hydrogens is 663 g/mol. The van der Waals surface area contributed by atoms with Gasteiger partial charge in [-0.1, -0.05) is 176 Å². The summed E-state index contributed by atoms with van der Waals surface area (Å²) >= 11 is 0. The fourth-order valence-corrected chi connectivity index (χ4v) is 7.44. The third-order valence-corrected chi connectivity index (χ3v) is 10.2. The predicted molar refractivity (Wildman–Crippen MR) is 235 cm³/mol. The van der Waals surface area contributed by atoms with E-state index in [9.17, 15) is 2.74 Å².